The summed E-state index contributed by atoms with van der Waals surface area (Å²) < 4.78 is 10.2. The average molecular weight is 246 g/mol. The van der Waals surface area contributed by atoms with E-state index in [0.29, 0.717) is 25.9 Å². The van der Waals surface area contributed by atoms with Gasteiger partial charge in [-0.15, -0.1) is 0 Å². The summed E-state index contributed by atoms with van der Waals surface area (Å²) in [5.74, 6) is -0.120. The molecule has 1 fully saturated rings. The van der Waals surface area contributed by atoms with Gasteiger partial charge >= 0.3 is 0 Å². The number of carbonyl (C=O) groups is 1. The van der Waals surface area contributed by atoms with Gasteiger partial charge in [-0.2, -0.15) is 0 Å². The Labute approximate surface area is 101 Å². The van der Waals surface area contributed by atoms with Crippen LogP contribution in [0.15, 0.2) is 0 Å². The fraction of sp³-hybridized carbons (Fsp3) is 0.909. The Hall–Kier alpha value is -0.690. The van der Waals surface area contributed by atoms with Crippen LogP contribution in [0.25, 0.3) is 0 Å². The van der Waals surface area contributed by atoms with Crippen molar-refractivity contribution in [2.75, 3.05) is 26.8 Å². The summed E-state index contributed by atoms with van der Waals surface area (Å²) in [6, 6.07) is 0. The Kier molecular flexibility index (Phi) is 6.43. The van der Waals surface area contributed by atoms with Crippen molar-refractivity contribution < 1.29 is 19.4 Å². The van der Waals surface area contributed by atoms with Crippen molar-refractivity contribution in [1.82, 2.24) is 5.32 Å². The molecule has 1 heterocycles. The molecule has 1 aliphatic rings. The van der Waals surface area contributed by atoms with E-state index in [2.05, 4.69) is 5.32 Å². The number of hydrogen-bond acceptors (Lipinski definition) is 5. The number of nitrogens with two attached hydrogens (primary N) is 1. The first-order valence-electron chi connectivity index (χ1n) is 5.97. The van der Waals surface area contributed by atoms with E-state index in [0.717, 1.165) is 6.42 Å². The lowest BCUT2D eigenvalue weighted by Gasteiger charge is -2.14. The van der Waals surface area contributed by atoms with Crippen LogP contribution in [0.1, 0.15) is 19.3 Å². The molecule has 17 heavy (non-hydrogen) atoms. The van der Waals surface area contributed by atoms with Crippen LogP contribution < -0.4 is 11.1 Å². The molecule has 0 spiro atoms. The normalized spacial score (nSPS) is 25.8. The molecule has 1 saturated heterocycles. The predicted molar refractivity (Wildman–Crippen MR) is 62.5 cm³/mol. The molecule has 1 rings (SSSR count). The van der Waals surface area contributed by atoms with E-state index < -0.39 is 6.10 Å². The van der Waals surface area contributed by atoms with E-state index in [1.807, 2.05) is 0 Å². The lowest BCUT2D eigenvalue weighted by atomic mass is 10.2. The Morgan fingerprint density at radius 2 is 2.41 bits per heavy atom. The first kappa shape index (κ1) is 14.4. The Morgan fingerprint density at radius 3 is 3.00 bits per heavy atom. The third-order valence-electron chi connectivity index (χ3n) is 2.80. The lowest BCUT2D eigenvalue weighted by molar-refractivity contribution is -0.131. The maximum absolute atomic E-state index is 11.7. The van der Waals surface area contributed by atoms with Gasteiger partial charge in [0.15, 0.2) is 0 Å². The smallest absolute Gasteiger partial charge is 0.249 e. The standard InChI is InChI=1S/C11H22N2O4/c1-16-7-8(14)4-5-13-11(15)10-3-2-9(6-12)17-10/h8-10,14H,2-7,12H2,1H3,(H,13,15). The van der Waals surface area contributed by atoms with Crippen molar-refractivity contribution >= 4 is 5.91 Å². The highest BCUT2D eigenvalue weighted by molar-refractivity contribution is 5.80. The fourth-order valence-corrected chi connectivity index (χ4v) is 1.82. The van der Waals surface area contributed by atoms with Gasteiger partial charge in [0.1, 0.15) is 6.10 Å². The second-order valence-corrected chi connectivity index (χ2v) is 4.25. The van der Waals surface area contributed by atoms with Crippen LogP contribution in [0.4, 0.5) is 0 Å². The van der Waals surface area contributed by atoms with Crippen molar-refractivity contribution in [2.45, 2.75) is 37.6 Å². The van der Waals surface area contributed by atoms with Crippen LogP contribution >= 0.6 is 0 Å². The van der Waals surface area contributed by atoms with Crippen LogP contribution in [0.3, 0.4) is 0 Å². The summed E-state index contributed by atoms with van der Waals surface area (Å²) >= 11 is 0. The molecule has 0 bridgehead atoms. The van der Waals surface area contributed by atoms with E-state index in [1.54, 1.807) is 0 Å². The second-order valence-electron chi connectivity index (χ2n) is 4.25. The molecule has 0 aromatic rings. The number of methoxy groups -OCH3 is 1. The number of ether oxygens (including phenoxy) is 2. The summed E-state index contributed by atoms with van der Waals surface area (Å²) in [6.07, 6.45) is 1.11. The zero-order valence-corrected chi connectivity index (χ0v) is 10.2. The molecule has 3 unspecified atom stereocenters. The van der Waals surface area contributed by atoms with Crippen LogP contribution in [0, 0.1) is 0 Å². The lowest BCUT2D eigenvalue weighted by Crippen LogP contribution is -2.37. The molecule has 4 N–H and O–H groups in total. The Morgan fingerprint density at radius 1 is 1.65 bits per heavy atom. The highest BCUT2D eigenvalue weighted by Gasteiger charge is 2.29. The van der Waals surface area contributed by atoms with Gasteiger partial charge < -0.3 is 25.6 Å². The molecular weight excluding hydrogens is 224 g/mol. The minimum Gasteiger partial charge on any atom is -0.391 e. The summed E-state index contributed by atoms with van der Waals surface area (Å²) in [5.41, 5.74) is 5.47. The molecule has 6 nitrogen and oxygen atoms in total. The van der Waals surface area contributed by atoms with Gasteiger partial charge in [0, 0.05) is 20.2 Å². The molecule has 3 atom stereocenters. The summed E-state index contributed by atoms with van der Waals surface area (Å²) in [7, 11) is 1.53. The zero-order valence-electron chi connectivity index (χ0n) is 10.2. The monoisotopic (exact) mass is 246 g/mol. The van der Waals surface area contributed by atoms with Crippen LogP contribution in [-0.4, -0.2) is 56.1 Å². The molecule has 1 amide bonds. The van der Waals surface area contributed by atoms with Crippen molar-refractivity contribution in [2.24, 2.45) is 5.73 Å². The van der Waals surface area contributed by atoms with Crippen molar-refractivity contribution in [3.63, 3.8) is 0 Å². The van der Waals surface area contributed by atoms with E-state index in [1.165, 1.54) is 7.11 Å². The highest BCUT2D eigenvalue weighted by atomic mass is 16.5. The largest absolute Gasteiger partial charge is 0.391 e. The predicted octanol–water partition coefficient (Wildman–Crippen LogP) is -0.994. The van der Waals surface area contributed by atoms with Gasteiger partial charge in [0.25, 0.3) is 0 Å². The SMILES string of the molecule is COCC(O)CCNC(=O)C1CCC(CN)O1. The quantitative estimate of drug-likeness (QED) is 0.536. The van der Waals surface area contributed by atoms with Crippen molar-refractivity contribution in [3.8, 4) is 0 Å². The van der Waals surface area contributed by atoms with Gasteiger partial charge in [-0.1, -0.05) is 0 Å². The van der Waals surface area contributed by atoms with Gasteiger partial charge in [0.2, 0.25) is 5.91 Å². The maximum Gasteiger partial charge on any atom is 0.249 e. The molecule has 0 aliphatic carbocycles. The molecule has 6 heteroatoms. The molecule has 0 aromatic heterocycles. The topological polar surface area (TPSA) is 93.8 Å². The fourth-order valence-electron chi connectivity index (χ4n) is 1.82. The molecular formula is C11H22N2O4. The molecule has 0 radical (unpaired) electrons. The van der Waals surface area contributed by atoms with E-state index >= 15 is 0 Å². The first-order chi connectivity index (χ1) is 8.17. The number of nitrogens with one attached hydrogen (secondary N) is 1. The summed E-state index contributed by atoms with van der Waals surface area (Å²) in [4.78, 5) is 11.7. The average Bonchev–Trinajstić information content (AvgIpc) is 2.77. The summed E-state index contributed by atoms with van der Waals surface area (Å²) in [5, 5.41) is 12.1. The molecule has 100 valence electrons. The first-order valence-corrected chi connectivity index (χ1v) is 5.97. The van der Waals surface area contributed by atoms with Crippen molar-refractivity contribution in [1.29, 1.82) is 0 Å². The number of aliphatic hydroxyl groups is 1. The van der Waals surface area contributed by atoms with Gasteiger partial charge in [-0.25, -0.2) is 0 Å². The van der Waals surface area contributed by atoms with Crippen LogP contribution in [0.5, 0.6) is 0 Å². The number of rotatable bonds is 7. The van der Waals surface area contributed by atoms with Gasteiger partial charge in [0.05, 0.1) is 18.8 Å². The van der Waals surface area contributed by atoms with Gasteiger partial charge in [-0.05, 0) is 19.3 Å². The molecule has 0 saturated carbocycles. The van der Waals surface area contributed by atoms with Crippen LogP contribution in [0.2, 0.25) is 0 Å². The number of aliphatic hydroxyl groups excluding tert-OH is 1. The minimum atomic E-state index is -0.540. The highest BCUT2D eigenvalue weighted by Crippen LogP contribution is 2.18. The number of amides is 1. The minimum absolute atomic E-state index is 0.00447. The van der Waals surface area contributed by atoms with Crippen LogP contribution in [-0.2, 0) is 14.3 Å². The van der Waals surface area contributed by atoms with E-state index in [-0.39, 0.29) is 24.7 Å². The molecule has 0 aromatic carbocycles. The number of hydrogen-bond donors (Lipinski definition) is 3. The van der Waals surface area contributed by atoms with Gasteiger partial charge in [-0.3, -0.25) is 4.79 Å². The third-order valence-corrected chi connectivity index (χ3v) is 2.80. The zero-order chi connectivity index (χ0) is 12.7. The Bertz CT molecular complexity index is 238. The maximum atomic E-state index is 11.7. The van der Waals surface area contributed by atoms with E-state index in [9.17, 15) is 9.90 Å². The number of carbonyl (C=O) groups excluding carboxylic acids is 1. The van der Waals surface area contributed by atoms with Crippen molar-refractivity contribution in [3.05, 3.63) is 0 Å². The summed E-state index contributed by atoms with van der Waals surface area (Å²) in [6.45, 7) is 1.16. The van der Waals surface area contributed by atoms with E-state index in [4.69, 9.17) is 15.2 Å². The Balaban J connectivity index is 2.13. The third kappa shape index (κ3) is 4.99. The second kappa shape index (κ2) is 7.60. The molecule has 1 aliphatic heterocycles.